The Morgan fingerprint density at radius 2 is 0.889 bits per heavy atom. The molecule has 50 valence electrons. The first-order chi connectivity index (χ1) is 2.00. The van der Waals surface area contributed by atoms with Crippen LogP contribution in [0.25, 0.3) is 0 Å². The first-order valence-electron chi connectivity index (χ1n) is 0.698. The molecule has 2 N–H and O–H groups in total. The van der Waals surface area contributed by atoms with E-state index in [4.69, 9.17) is 17.5 Å². The molecule has 0 atom stereocenters. The van der Waals surface area contributed by atoms with Crippen LogP contribution >= 0.6 is 0 Å². The van der Waals surface area contributed by atoms with Gasteiger partial charge in [-0.2, -0.15) is 8.42 Å². The fourth-order valence-corrected chi connectivity index (χ4v) is 0. The van der Waals surface area contributed by atoms with E-state index in [1.165, 1.54) is 0 Å². The number of hydrogen-bond donors (Lipinski definition) is 2. The maximum absolute atomic E-state index is 8.74. The van der Waals surface area contributed by atoms with Crippen molar-refractivity contribution >= 4 is 141 Å². The van der Waals surface area contributed by atoms with Crippen molar-refractivity contribution in [2.75, 3.05) is 0 Å². The molecule has 0 saturated heterocycles. The molecule has 0 unspecified atom stereocenters. The second-order valence-corrected chi connectivity index (χ2v) is 1.34. The molecular formula is H11AlCa3O4S. The van der Waals surface area contributed by atoms with Crippen molar-refractivity contribution in [3.63, 3.8) is 0 Å². The molecule has 0 spiro atoms. The summed E-state index contributed by atoms with van der Waals surface area (Å²) >= 11 is 0. The summed E-state index contributed by atoms with van der Waals surface area (Å²) in [5, 5.41) is 0. The van der Waals surface area contributed by atoms with Crippen LogP contribution < -0.4 is 0 Å². The molecule has 0 fully saturated rings. The number of hydrogen-bond acceptors (Lipinski definition) is 2. The van der Waals surface area contributed by atoms with E-state index in [2.05, 4.69) is 0 Å². The summed E-state index contributed by atoms with van der Waals surface area (Å²) in [7, 11) is -4.67. The van der Waals surface area contributed by atoms with Gasteiger partial charge in [-0.1, -0.05) is 0 Å². The molecule has 0 aliphatic heterocycles. The van der Waals surface area contributed by atoms with Crippen molar-refractivity contribution in [1.82, 2.24) is 0 Å². The average Bonchev–Trinajstić information content (AvgIpc) is 0.722. The van der Waals surface area contributed by atoms with Crippen molar-refractivity contribution in [2.24, 2.45) is 0 Å². The van der Waals surface area contributed by atoms with Crippen LogP contribution in [0.15, 0.2) is 0 Å². The van der Waals surface area contributed by atoms with E-state index in [-0.39, 0.29) is 131 Å². The number of rotatable bonds is 0. The van der Waals surface area contributed by atoms with Gasteiger partial charge in [0.15, 0.2) is 17.4 Å². The fourth-order valence-electron chi connectivity index (χ4n) is 0. The zero-order valence-corrected chi connectivity index (χ0v) is 2.94. The SMILES string of the molecule is O=S(=O)(O)O.[AlH3].[CaH2].[CaH2].[CaH2]. The molecule has 0 rings (SSSR count). The van der Waals surface area contributed by atoms with E-state index < -0.39 is 10.4 Å². The molecular weight excluding hydrogens is 243 g/mol. The van der Waals surface area contributed by atoms with Gasteiger partial charge in [0.1, 0.15) is 0 Å². The Morgan fingerprint density at radius 3 is 0.889 bits per heavy atom. The van der Waals surface area contributed by atoms with E-state index in [1.54, 1.807) is 0 Å². The minimum absolute atomic E-state index is 0. The van der Waals surface area contributed by atoms with Crippen LogP contribution in [0.2, 0.25) is 0 Å². The summed E-state index contributed by atoms with van der Waals surface area (Å²) in [5.41, 5.74) is 0. The zero-order valence-electron chi connectivity index (χ0n) is 2.12. The molecule has 0 amide bonds. The standard InChI is InChI=1S/Al.3Ca.H2O4S.9H/c;;;;1-5(2,3)4;;;;;;;;;/h;;;;(H2,1,2,3,4);;;;;;;;;. The van der Waals surface area contributed by atoms with Crippen molar-refractivity contribution < 1.29 is 17.5 Å². The molecule has 0 aliphatic rings. The van der Waals surface area contributed by atoms with Gasteiger partial charge >= 0.3 is 124 Å². The quantitative estimate of drug-likeness (QED) is 0.337. The van der Waals surface area contributed by atoms with Crippen LogP contribution in [-0.4, -0.2) is 148 Å². The summed E-state index contributed by atoms with van der Waals surface area (Å²) < 4.78 is 31.6. The van der Waals surface area contributed by atoms with Crippen molar-refractivity contribution in [3.8, 4) is 0 Å². The van der Waals surface area contributed by atoms with Crippen LogP contribution in [0.4, 0.5) is 0 Å². The summed E-state index contributed by atoms with van der Waals surface area (Å²) in [4.78, 5) is 0. The van der Waals surface area contributed by atoms with Gasteiger partial charge in [-0.15, -0.1) is 0 Å². The van der Waals surface area contributed by atoms with E-state index in [0.29, 0.717) is 0 Å². The molecule has 0 aliphatic carbocycles. The van der Waals surface area contributed by atoms with E-state index in [9.17, 15) is 0 Å². The Kier molecular flexibility index (Phi) is 47.7. The Morgan fingerprint density at radius 1 is 0.889 bits per heavy atom. The summed E-state index contributed by atoms with van der Waals surface area (Å²) in [6, 6.07) is 0. The van der Waals surface area contributed by atoms with Crippen LogP contribution in [-0.2, 0) is 10.4 Å². The van der Waals surface area contributed by atoms with E-state index in [1.807, 2.05) is 0 Å². The van der Waals surface area contributed by atoms with E-state index in [0.717, 1.165) is 0 Å². The van der Waals surface area contributed by atoms with Gasteiger partial charge in [-0.05, 0) is 0 Å². The monoisotopic (exact) mass is 254 g/mol. The predicted molar refractivity (Wildman–Crippen MR) is 49.7 cm³/mol. The molecule has 9 heteroatoms. The van der Waals surface area contributed by atoms with Gasteiger partial charge in [0.05, 0.1) is 0 Å². The first-order valence-corrected chi connectivity index (χ1v) is 2.10. The molecule has 0 heterocycles. The van der Waals surface area contributed by atoms with Gasteiger partial charge in [0.2, 0.25) is 0 Å². The molecule has 0 aromatic rings. The Labute approximate surface area is 154 Å². The van der Waals surface area contributed by atoms with Crippen LogP contribution in [0.1, 0.15) is 0 Å². The Balaban J connectivity index is -0.0000000133. The summed E-state index contributed by atoms with van der Waals surface area (Å²) in [6.07, 6.45) is 0. The Hall–Kier alpha value is 4.18. The third kappa shape index (κ3) is 72.2. The summed E-state index contributed by atoms with van der Waals surface area (Å²) in [6.45, 7) is 0. The van der Waals surface area contributed by atoms with E-state index >= 15 is 0 Å². The maximum atomic E-state index is 8.74. The first kappa shape index (κ1) is 29.2. The fraction of sp³-hybridized carbons (Fsp3) is 0. The molecule has 0 bridgehead atoms. The zero-order chi connectivity index (χ0) is 4.50. The molecule has 0 aromatic carbocycles. The molecule has 4 nitrogen and oxygen atoms in total. The predicted octanol–water partition coefficient (Wildman–Crippen LogP) is -4.59. The van der Waals surface area contributed by atoms with Gasteiger partial charge in [0, 0.05) is 0 Å². The van der Waals surface area contributed by atoms with Crippen molar-refractivity contribution in [1.29, 1.82) is 0 Å². The molecule has 9 heavy (non-hydrogen) atoms. The molecule has 0 radical (unpaired) electrons. The van der Waals surface area contributed by atoms with Crippen LogP contribution in [0.3, 0.4) is 0 Å². The summed E-state index contributed by atoms with van der Waals surface area (Å²) in [5.74, 6) is 0. The third-order valence-corrected chi connectivity index (χ3v) is 0. The molecule has 0 saturated carbocycles. The second kappa shape index (κ2) is 14.7. The van der Waals surface area contributed by atoms with Gasteiger partial charge < -0.3 is 0 Å². The van der Waals surface area contributed by atoms with Crippen molar-refractivity contribution in [3.05, 3.63) is 0 Å². The topological polar surface area (TPSA) is 74.6 Å². The van der Waals surface area contributed by atoms with Gasteiger partial charge in [0.25, 0.3) is 0 Å². The second-order valence-electron chi connectivity index (χ2n) is 0.448. The average molecular weight is 254 g/mol. The van der Waals surface area contributed by atoms with Crippen molar-refractivity contribution in [2.45, 2.75) is 0 Å². The molecule has 0 aromatic heterocycles. The van der Waals surface area contributed by atoms with Gasteiger partial charge in [-0.3, -0.25) is 9.11 Å². The normalized spacial score (nSPS) is 6.44. The minimum atomic E-state index is -4.67. The Bertz CT molecular complexity index is 99.0. The van der Waals surface area contributed by atoms with Crippen LogP contribution in [0.5, 0.6) is 0 Å². The van der Waals surface area contributed by atoms with Crippen LogP contribution in [0, 0.1) is 0 Å². The third-order valence-electron chi connectivity index (χ3n) is 0. The van der Waals surface area contributed by atoms with Gasteiger partial charge in [-0.25, -0.2) is 0 Å².